The Kier molecular flexibility index (Phi) is 4.22. The molecule has 0 saturated carbocycles. The monoisotopic (exact) mass is 399 g/mol. The largest absolute Gasteiger partial charge is 0.433 e. The van der Waals surface area contributed by atoms with E-state index in [1.54, 1.807) is 0 Å². The van der Waals surface area contributed by atoms with Crippen LogP contribution in [0.5, 0.6) is 0 Å². The van der Waals surface area contributed by atoms with Gasteiger partial charge in [0, 0.05) is 17.3 Å². The predicted octanol–water partition coefficient (Wildman–Crippen LogP) is 3.18. The smallest absolute Gasteiger partial charge is 0.383 e. The second-order valence-corrected chi connectivity index (χ2v) is 6.54. The van der Waals surface area contributed by atoms with Gasteiger partial charge in [-0.3, -0.25) is 4.98 Å². The Morgan fingerprint density at radius 1 is 0.931 bits per heavy atom. The Hall–Kier alpha value is -3.23. The minimum atomic E-state index is -4.75. The van der Waals surface area contributed by atoms with Crippen LogP contribution in [0, 0.1) is 11.6 Å². The number of aromatic nitrogens is 1. The van der Waals surface area contributed by atoms with Gasteiger partial charge >= 0.3 is 6.18 Å². The van der Waals surface area contributed by atoms with E-state index in [4.69, 9.17) is 13.6 Å². The van der Waals surface area contributed by atoms with Crippen molar-refractivity contribution in [3.63, 3.8) is 0 Å². The Bertz CT molecular complexity index is 1160. The van der Waals surface area contributed by atoms with Crippen LogP contribution in [0.15, 0.2) is 59.7 Å². The molecule has 0 amide bonds. The number of rotatable bonds is 2. The molecule has 1 unspecified atom stereocenters. The summed E-state index contributed by atoms with van der Waals surface area (Å²) < 4.78 is 69.3. The normalized spacial score (nSPS) is 18.4. The summed E-state index contributed by atoms with van der Waals surface area (Å²) in [6.45, 7) is 0. The van der Waals surface area contributed by atoms with Gasteiger partial charge in [0.2, 0.25) is 0 Å². The SMILES string of the molecule is [B]c1ccc(F)c(C2(c3ccnc(C(F)(F)F)c3)N=C(N)c3c(F)cccc32)c1. The molecule has 9 heteroatoms. The molecule has 144 valence electrons. The molecule has 29 heavy (non-hydrogen) atoms. The second kappa shape index (κ2) is 6.40. The Labute approximate surface area is 163 Å². The van der Waals surface area contributed by atoms with Crippen molar-refractivity contribution in [1.29, 1.82) is 0 Å². The van der Waals surface area contributed by atoms with E-state index in [2.05, 4.69) is 9.98 Å². The number of pyridine rings is 1. The summed E-state index contributed by atoms with van der Waals surface area (Å²) in [4.78, 5) is 7.62. The summed E-state index contributed by atoms with van der Waals surface area (Å²) in [5, 5.41) is 0. The van der Waals surface area contributed by atoms with Gasteiger partial charge in [-0.15, -0.1) is 0 Å². The molecule has 0 saturated heterocycles. The number of aliphatic imine (C=N–C) groups is 1. The minimum absolute atomic E-state index is 0.0726. The molecule has 2 heterocycles. The third-order valence-corrected chi connectivity index (χ3v) is 4.80. The van der Waals surface area contributed by atoms with Gasteiger partial charge in [-0.1, -0.05) is 29.7 Å². The highest BCUT2D eigenvalue weighted by molar-refractivity contribution is 6.32. The average Bonchev–Trinajstić information content (AvgIpc) is 2.98. The maximum Gasteiger partial charge on any atom is 0.433 e. The summed E-state index contributed by atoms with van der Waals surface area (Å²) in [6, 6.07) is 9.57. The van der Waals surface area contributed by atoms with Crippen molar-refractivity contribution in [2.45, 2.75) is 11.7 Å². The van der Waals surface area contributed by atoms with Gasteiger partial charge in [0.1, 0.15) is 36.5 Å². The lowest BCUT2D eigenvalue weighted by Gasteiger charge is -2.30. The Morgan fingerprint density at radius 2 is 1.69 bits per heavy atom. The lowest BCUT2D eigenvalue weighted by molar-refractivity contribution is -0.141. The number of fused-ring (bicyclic) bond motifs is 1. The van der Waals surface area contributed by atoms with E-state index in [0.717, 1.165) is 24.4 Å². The van der Waals surface area contributed by atoms with Gasteiger partial charge in [-0.05, 0) is 29.8 Å². The summed E-state index contributed by atoms with van der Waals surface area (Å²) in [5.41, 5.74) is 2.82. The zero-order chi connectivity index (χ0) is 21.0. The summed E-state index contributed by atoms with van der Waals surface area (Å²) in [7, 11) is 5.80. The summed E-state index contributed by atoms with van der Waals surface area (Å²) in [6.07, 6.45) is -3.81. The van der Waals surface area contributed by atoms with Gasteiger partial charge in [-0.25, -0.2) is 13.8 Å². The summed E-state index contributed by atoms with van der Waals surface area (Å²) in [5.74, 6) is -1.76. The maximum absolute atomic E-state index is 14.9. The van der Waals surface area contributed by atoms with Crippen LogP contribution in [-0.4, -0.2) is 18.7 Å². The molecule has 2 aromatic carbocycles. The lowest BCUT2D eigenvalue weighted by Crippen LogP contribution is -2.29. The van der Waals surface area contributed by atoms with E-state index in [1.165, 1.54) is 30.3 Å². The van der Waals surface area contributed by atoms with Gasteiger partial charge in [-0.2, -0.15) is 13.2 Å². The van der Waals surface area contributed by atoms with E-state index in [0.29, 0.717) is 0 Å². The van der Waals surface area contributed by atoms with Crippen molar-refractivity contribution in [2.75, 3.05) is 0 Å². The number of hydrogen-bond acceptors (Lipinski definition) is 3. The number of alkyl halides is 3. The van der Waals surface area contributed by atoms with Crippen LogP contribution in [0.2, 0.25) is 0 Å². The van der Waals surface area contributed by atoms with Crippen LogP contribution in [-0.2, 0) is 11.7 Å². The molecule has 1 atom stereocenters. The first-order valence-electron chi connectivity index (χ1n) is 8.38. The third-order valence-electron chi connectivity index (χ3n) is 4.80. The Morgan fingerprint density at radius 3 is 2.41 bits per heavy atom. The first-order chi connectivity index (χ1) is 13.6. The van der Waals surface area contributed by atoms with Crippen molar-refractivity contribution in [1.82, 2.24) is 4.98 Å². The Balaban J connectivity index is 2.13. The van der Waals surface area contributed by atoms with E-state index in [-0.39, 0.29) is 33.6 Å². The molecule has 0 aliphatic carbocycles. The first-order valence-corrected chi connectivity index (χ1v) is 8.38. The molecule has 3 nitrogen and oxygen atoms in total. The van der Waals surface area contributed by atoms with Crippen LogP contribution in [0.4, 0.5) is 22.0 Å². The van der Waals surface area contributed by atoms with Gasteiger partial charge < -0.3 is 5.73 Å². The molecule has 0 spiro atoms. The summed E-state index contributed by atoms with van der Waals surface area (Å²) >= 11 is 0. The fourth-order valence-electron chi connectivity index (χ4n) is 3.59. The molecular formula is C20H11BF5N3. The number of hydrogen-bond donors (Lipinski definition) is 1. The van der Waals surface area contributed by atoms with Crippen LogP contribution in [0.3, 0.4) is 0 Å². The van der Waals surface area contributed by atoms with Crippen LogP contribution in [0.25, 0.3) is 0 Å². The minimum Gasteiger partial charge on any atom is -0.383 e. The van der Waals surface area contributed by atoms with Gasteiger partial charge in [0.05, 0.1) is 5.56 Å². The molecule has 0 bridgehead atoms. The lowest BCUT2D eigenvalue weighted by atomic mass is 9.75. The van der Waals surface area contributed by atoms with E-state index < -0.39 is 29.0 Å². The quantitative estimate of drug-likeness (QED) is 0.532. The maximum atomic E-state index is 14.9. The predicted molar refractivity (Wildman–Crippen MR) is 98.0 cm³/mol. The van der Waals surface area contributed by atoms with Crippen molar-refractivity contribution >= 4 is 19.1 Å². The molecule has 4 rings (SSSR count). The highest BCUT2D eigenvalue weighted by atomic mass is 19.4. The molecule has 2 N–H and O–H groups in total. The van der Waals surface area contributed by atoms with Crippen LogP contribution in [0.1, 0.15) is 27.9 Å². The fraction of sp³-hybridized carbons (Fsp3) is 0.100. The third kappa shape index (κ3) is 2.88. The fourth-order valence-corrected chi connectivity index (χ4v) is 3.59. The van der Waals surface area contributed by atoms with Crippen LogP contribution < -0.4 is 11.2 Å². The molecule has 0 fully saturated rings. The van der Waals surface area contributed by atoms with Crippen molar-refractivity contribution in [3.05, 3.63) is 94.3 Å². The number of nitrogens with two attached hydrogens (primary N) is 1. The molecule has 1 aliphatic heterocycles. The molecule has 1 aromatic heterocycles. The van der Waals surface area contributed by atoms with Crippen LogP contribution >= 0.6 is 0 Å². The van der Waals surface area contributed by atoms with E-state index in [9.17, 15) is 22.0 Å². The number of halogens is 5. The molecular weight excluding hydrogens is 388 g/mol. The molecule has 2 radical (unpaired) electrons. The number of benzene rings is 2. The first kappa shape index (κ1) is 19.1. The number of amidine groups is 1. The highest BCUT2D eigenvalue weighted by Crippen LogP contribution is 2.47. The van der Waals surface area contributed by atoms with Crippen molar-refractivity contribution < 1.29 is 22.0 Å². The highest BCUT2D eigenvalue weighted by Gasteiger charge is 2.46. The van der Waals surface area contributed by atoms with Gasteiger partial charge in [0.15, 0.2) is 0 Å². The van der Waals surface area contributed by atoms with Crippen molar-refractivity contribution in [2.24, 2.45) is 10.7 Å². The zero-order valence-corrected chi connectivity index (χ0v) is 14.6. The second-order valence-electron chi connectivity index (χ2n) is 6.54. The van der Waals surface area contributed by atoms with E-state index >= 15 is 0 Å². The molecule has 3 aromatic rings. The molecule has 1 aliphatic rings. The number of nitrogens with zero attached hydrogens (tertiary/aromatic N) is 2. The average molecular weight is 399 g/mol. The van der Waals surface area contributed by atoms with E-state index in [1.807, 2.05) is 0 Å². The standard InChI is InChI=1S/C20H11BF5N3/c21-11-4-5-14(22)13(9-11)19(10-6-7-28-16(8-10)20(24,25)26)12-2-1-3-15(23)17(12)18(27)29-19/h1-9H,(H2,27,29). The topological polar surface area (TPSA) is 51.3 Å². The van der Waals surface area contributed by atoms with Gasteiger partial charge in [0.25, 0.3) is 0 Å². The van der Waals surface area contributed by atoms with Crippen molar-refractivity contribution in [3.8, 4) is 0 Å². The zero-order valence-electron chi connectivity index (χ0n) is 14.6.